The Labute approximate surface area is 127 Å². The molecule has 0 unspecified atom stereocenters. The topological polar surface area (TPSA) is 101 Å². The second-order valence-corrected chi connectivity index (χ2v) is 7.18. The van der Waals surface area contributed by atoms with E-state index in [1.807, 2.05) is 0 Å². The summed E-state index contributed by atoms with van der Waals surface area (Å²) in [5.41, 5.74) is -0.285. The normalized spacial score (nSPS) is 11.5. The van der Waals surface area contributed by atoms with Crippen molar-refractivity contribution in [2.75, 3.05) is 18.1 Å². The molecule has 2 N–H and O–H groups in total. The van der Waals surface area contributed by atoms with E-state index in [1.54, 1.807) is 31.2 Å². The van der Waals surface area contributed by atoms with Crippen LogP contribution in [-0.2, 0) is 9.84 Å². The third kappa shape index (κ3) is 3.30. The molecule has 6 nitrogen and oxygen atoms in total. The van der Waals surface area contributed by atoms with Gasteiger partial charge in [0.15, 0.2) is 9.84 Å². The molecule has 0 saturated carbocycles. The number of carbonyl (C=O) groups is 1. The molecule has 22 heavy (non-hydrogen) atoms. The molecule has 0 saturated heterocycles. The number of carboxylic acids is 1. The Bertz CT molecular complexity index is 810. The quantitative estimate of drug-likeness (QED) is 0.843. The summed E-state index contributed by atoms with van der Waals surface area (Å²) in [6.07, 6.45) is 0. The number of hydrogen-bond donors (Lipinski definition) is 2. The van der Waals surface area contributed by atoms with Crippen molar-refractivity contribution in [3.63, 3.8) is 0 Å². The molecular weight excluding hydrogens is 308 g/mol. The maximum atomic E-state index is 11.5. The van der Waals surface area contributed by atoms with Crippen LogP contribution in [0.3, 0.4) is 0 Å². The van der Waals surface area contributed by atoms with Gasteiger partial charge in [0.05, 0.1) is 5.75 Å². The van der Waals surface area contributed by atoms with Gasteiger partial charge in [-0.1, -0.05) is 31.2 Å². The summed E-state index contributed by atoms with van der Waals surface area (Å²) in [7, 11) is -3.17. The third-order valence-corrected chi connectivity index (χ3v) is 4.97. The van der Waals surface area contributed by atoms with Crippen molar-refractivity contribution in [1.29, 1.82) is 0 Å². The first kappa shape index (κ1) is 16.1. The number of aromatic hydroxyl groups is 1. The molecule has 0 aromatic heterocycles. The molecule has 7 heteroatoms. The molecule has 0 heterocycles. The van der Waals surface area contributed by atoms with Crippen molar-refractivity contribution in [2.24, 2.45) is 0 Å². The van der Waals surface area contributed by atoms with E-state index in [4.69, 9.17) is 9.84 Å². The Kier molecular flexibility index (Phi) is 4.56. The van der Waals surface area contributed by atoms with E-state index >= 15 is 0 Å². The van der Waals surface area contributed by atoms with Crippen LogP contribution in [0.1, 0.15) is 17.3 Å². The summed E-state index contributed by atoms with van der Waals surface area (Å²) in [4.78, 5) is 11.2. The fourth-order valence-electron chi connectivity index (χ4n) is 2.03. The molecule has 0 radical (unpaired) electrons. The van der Waals surface area contributed by atoms with Gasteiger partial charge in [0, 0.05) is 16.5 Å². The monoisotopic (exact) mass is 324 g/mol. The highest BCUT2D eigenvalue weighted by molar-refractivity contribution is 7.91. The summed E-state index contributed by atoms with van der Waals surface area (Å²) < 4.78 is 28.4. The van der Waals surface area contributed by atoms with E-state index in [2.05, 4.69) is 0 Å². The van der Waals surface area contributed by atoms with Gasteiger partial charge in [0.25, 0.3) is 0 Å². The van der Waals surface area contributed by atoms with Crippen molar-refractivity contribution < 1.29 is 28.2 Å². The first-order valence-corrected chi connectivity index (χ1v) is 8.49. The van der Waals surface area contributed by atoms with Gasteiger partial charge >= 0.3 is 5.97 Å². The van der Waals surface area contributed by atoms with Gasteiger partial charge in [0.1, 0.15) is 23.7 Å². The minimum atomic E-state index is -3.17. The van der Waals surface area contributed by atoms with Crippen molar-refractivity contribution in [3.8, 4) is 11.5 Å². The van der Waals surface area contributed by atoms with Gasteiger partial charge < -0.3 is 14.9 Å². The highest BCUT2D eigenvalue weighted by Gasteiger charge is 2.17. The molecule has 0 bridgehead atoms. The maximum Gasteiger partial charge on any atom is 0.339 e. The maximum absolute atomic E-state index is 11.5. The molecular formula is C15H16O6S. The molecule has 2 aromatic carbocycles. The molecule has 2 rings (SSSR count). The fraction of sp³-hybridized carbons (Fsp3) is 0.267. The van der Waals surface area contributed by atoms with Crippen LogP contribution in [0, 0.1) is 0 Å². The fourth-order valence-corrected chi connectivity index (χ4v) is 2.66. The van der Waals surface area contributed by atoms with Crippen molar-refractivity contribution >= 4 is 26.6 Å². The lowest BCUT2D eigenvalue weighted by atomic mass is 10.0. The van der Waals surface area contributed by atoms with Gasteiger partial charge in [-0.15, -0.1) is 0 Å². The average Bonchev–Trinajstić information content (AvgIpc) is 2.49. The van der Waals surface area contributed by atoms with E-state index < -0.39 is 15.8 Å². The summed E-state index contributed by atoms with van der Waals surface area (Å²) in [5.74, 6) is -1.52. The lowest BCUT2D eigenvalue weighted by molar-refractivity contribution is 0.0693. The van der Waals surface area contributed by atoms with E-state index in [-0.39, 0.29) is 35.2 Å². The number of hydrogen-bond acceptors (Lipinski definition) is 5. The number of rotatable bonds is 6. The second kappa shape index (κ2) is 6.23. The Morgan fingerprint density at radius 3 is 2.45 bits per heavy atom. The van der Waals surface area contributed by atoms with Crippen molar-refractivity contribution in [1.82, 2.24) is 0 Å². The van der Waals surface area contributed by atoms with Crippen molar-refractivity contribution in [2.45, 2.75) is 6.92 Å². The first-order valence-electron chi connectivity index (χ1n) is 6.67. The Morgan fingerprint density at radius 2 is 1.86 bits per heavy atom. The van der Waals surface area contributed by atoms with Crippen LogP contribution in [0.2, 0.25) is 0 Å². The number of sulfone groups is 1. The van der Waals surface area contributed by atoms with Gasteiger partial charge in [0.2, 0.25) is 0 Å². The lowest BCUT2D eigenvalue weighted by Gasteiger charge is -2.12. The molecule has 0 amide bonds. The average molecular weight is 324 g/mol. The SMILES string of the molecule is CCS(=O)(=O)CCOc1cc(C(=O)O)c(O)c2ccccc12. The molecule has 0 atom stereocenters. The van der Waals surface area contributed by atoms with Crippen LogP contribution in [-0.4, -0.2) is 42.7 Å². The second-order valence-electron chi connectivity index (χ2n) is 4.71. The Hall–Kier alpha value is -2.28. The Balaban J connectivity index is 2.40. The van der Waals surface area contributed by atoms with Crippen LogP contribution in [0.15, 0.2) is 30.3 Å². The van der Waals surface area contributed by atoms with E-state index in [9.17, 15) is 18.3 Å². The van der Waals surface area contributed by atoms with Gasteiger partial charge in [-0.05, 0) is 6.07 Å². The molecule has 0 fully saturated rings. The van der Waals surface area contributed by atoms with Crippen LogP contribution in [0.4, 0.5) is 0 Å². The number of fused-ring (bicyclic) bond motifs is 1. The predicted molar refractivity (Wildman–Crippen MR) is 82.4 cm³/mol. The largest absolute Gasteiger partial charge is 0.506 e. The zero-order valence-electron chi connectivity index (χ0n) is 11.9. The van der Waals surface area contributed by atoms with Gasteiger partial charge in [-0.25, -0.2) is 13.2 Å². The summed E-state index contributed by atoms with van der Waals surface area (Å²) in [6.45, 7) is 1.47. The van der Waals surface area contributed by atoms with Gasteiger partial charge in [-0.2, -0.15) is 0 Å². The number of carboxylic acid groups (broad SMARTS) is 1. The van der Waals surface area contributed by atoms with Crippen LogP contribution >= 0.6 is 0 Å². The van der Waals surface area contributed by atoms with Crippen LogP contribution < -0.4 is 4.74 Å². The van der Waals surface area contributed by atoms with E-state index in [1.165, 1.54) is 6.07 Å². The minimum Gasteiger partial charge on any atom is -0.506 e. The molecule has 2 aromatic rings. The van der Waals surface area contributed by atoms with E-state index in [0.717, 1.165) is 0 Å². The third-order valence-electron chi connectivity index (χ3n) is 3.30. The highest BCUT2D eigenvalue weighted by atomic mass is 32.2. The zero-order chi connectivity index (χ0) is 16.3. The smallest absolute Gasteiger partial charge is 0.339 e. The lowest BCUT2D eigenvalue weighted by Crippen LogP contribution is -2.15. The summed E-state index contributed by atoms with van der Waals surface area (Å²) in [6, 6.07) is 7.84. The van der Waals surface area contributed by atoms with Crippen molar-refractivity contribution in [3.05, 3.63) is 35.9 Å². The molecule has 0 aliphatic heterocycles. The summed E-state index contributed by atoms with van der Waals surface area (Å²) in [5, 5.41) is 20.0. The molecule has 0 aliphatic carbocycles. The van der Waals surface area contributed by atoms with Crippen LogP contribution in [0.5, 0.6) is 11.5 Å². The molecule has 0 spiro atoms. The standard InChI is InChI=1S/C15H16O6S/c1-2-22(19,20)8-7-21-13-9-12(15(17)18)14(16)11-6-4-3-5-10(11)13/h3-6,9,16H,2,7-8H2,1H3,(H,17,18). The Morgan fingerprint density at radius 1 is 1.23 bits per heavy atom. The molecule has 118 valence electrons. The van der Waals surface area contributed by atoms with Gasteiger partial charge in [-0.3, -0.25) is 0 Å². The van der Waals surface area contributed by atoms with E-state index in [0.29, 0.717) is 10.8 Å². The molecule has 0 aliphatic rings. The predicted octanol–water partition coefficient (Wildman–Crippen LogP) is 2.06. The number of ether oxygens (including phenoxy) is 1. The number of aromatic carboxylic acids is 1. The van der Waals surface area contributed by atoms with Crippen LogP contribution in [0.25, 0.3) is 10.8 Å². The number of benzene rings is 2. The first-order chi connectivity index (χ1) is 10.4. The minimum absolute atomic E-state index is 0.0209. The number of phenols is 1. The zero-order valence-corrected chi connectivity index (χ0v) is 12.8. The highest BCUT2D eigenvalue weighted by Crippen LogP contribution is 2.35. The summed E-state index contributed by atoms with van der Waals surface area (Å²) >= 11 is 0.